The van der Waals surface area contributed by atoms with Crippen molar-refractivity contribution in [2.24, 2.45) is 0 Å². The summed E-state index contributed by atoms with van der Waals surface area (Å²) in [6, 6.07) is 12.3. The molecule has 1 heterocycles. The van der Waals surface area contributed by atoms with Crippen LogP contribution in [0.25, 0.3) is 6.08 Å². The molecular formula is C19H18BrFN2O3S. The highest BCUT2D eigenvalue weighted by atomic mass is 79.9. The summed E-state index contributed by atoms with van der Waals surface area (Å²) < 4.78 is 40.5. The summed E-state index contributed by atoms with van der Waals surface area (Å²) in [5.41, 5.74) is 0.907. The Bertz CT molecular complexity index is 936. The number of piperazine rings is 1. The van der Waals surface area contributed by atoms with E-state index in [1.165, 1.54) is 22.5 Å². The van der Waals surface area contributed by atoms with Gasteiger partial charge < -0.3 is 4.90 Å². The molecule has 0 spiro atoms. The highest BCUT2D eigenvalue weighted by molar-refractivity contribution is 9.10. The Hall–Kier alpha value is -2.03. The van der Waals surface area contributed by atoms with Crippen LogP contribution in [0.1, 0.15) is 5.56 Å². The SMILES string of the molecule is O=C(C=Cc1ccc(Br)cc1)N1CCN(S(=O)(=O)c2ccc(F)cc2)CC1. The van der Waals surface area contributed by atoms with Crippen LogP contribution >= 0.6 is 15.9 Å². The average molecular weight is 453 g/mol. The first kappa shape index (κ1) is 19.7. The highest BCUT2D eigenvalue weighted by Gasteiger charge is 2.29. The van der Waals surface area contributed by atoms with E-state index in [1.54, 1.807) is 11.0 Å². The number of sulfonamides is 1. The fraction of sp³-hybridized carbons (Fsp3) is 0.211. The number of rotatable bonds is 4. The second-order valence-electron chi connectivity index (χ2n) is 6.07. The van der Waals surface area contributed by atoms with Gasteiger partial charge in [0.2, 0.25) is 15.9 Å². The van der Waals surface area contributed by atoms with Crippen molar-refractivity contribution in [1.82, 2.24) is 9.21 Å². The first-order valence-electron chi connectivity index (χ1n) is 8.34. The summed E-state index contributed by atoms with van der Waals surface area (Å²) in [5, 5.41) is 0. The number of amides is 1. The molecule has 0 radical (unpaired) electrons. The number of hydrogen-bond acceptors (Lipinski definition) is 3. The van der Waals surface area contributed by atoms with Crippen molar-refractivity contribution in [2.75, 3.05) is 26.2 Å². The lowest BCUT2D eigenvalue weighted by Gasteiger charge is -2.33. The van der Waals surface area contributed by atoms with Crippen molar-refractivity contribution in [2.45, 2.75) is 4.90 Å². The second kappa shape index (κ2) is 8.33. The van der Waals surface area contributed by atoms with Gasteiger partial charge in [0.05, 0.1) is 4.90 Å². The number of carbonyl (C=O) groups is 1. The summed E-state index contributed by atoms with van der Waals surface area (Å²) in [6.07, 6.45) is 3.23. The summed E-state index contributed by atoms with van der Waals surface area (Å²) in [6.45, 7) is 1.03. The third-order valence-corrected chi connectivity index (χ3v) is 6.73. The molecular weight excluding hydrogens is 435 g/mol. The Morgan fingerprint density at radius 2 is 1.56 bits per heavy atom. The maximum Gasteiger partial charge on any atom is 0.246 e. The van der Waals surface area contributed by atoms with Gasteiger partial charge in [0.1, 0.15) is 5.82 Å². The molecule has 1 fully saturated rings. The van der Waals surface area contributed by atoms with E-state index in [9.17, 15) is 17.6 Å². The van der Waals surface area contributed by atoms with Crippen molar-refractivity contribution < 1.29 is 17.6 Å². The van der Waals surface area contributed by atoms with Gasteiger partial charge in [-0.1, -0.05) is 28.1 Å². The number of halogens is 2. The third-order valence-electron chi connectivity index (χ3n) is 4.29. The number of benzene rings is 2. The Kier molecular flexibility index (Phi) is 6.08. The van der Waals surface area contributed by atoms with Crippen LogP contribution < -0.4 is 0 Å². The number of carbonyl (C=O) groups excluding carboxylic acids is 1. The molecule has 1 aliphatic heterocycles. The molecule has 0 saturated carbocycles. The zero-order valence-corrected chi connectivity index (χ0v) is 16.8. The lowest BCUT2D eigenvalue weighted by atomic mass is 10.2. The lowest BCUT2D eigenvalue weighted by Crippen LogP contribution is -2.50. The van der Waals surface area contributed by atoms with Crippen molar-refractivity contribution in [1.29, 1.82) is 0 Å². The summed E-state index contributed by atoms with van der Waals surface area (Å²) >= 11 is 3.36. The van der Waals surface area contributed by atoms with E-state index in [0.29, 0.717) is 13.1 Å². The fourth-order valence-corrected chi connectivity index (χ4v) is 4.44. The molecule has 1 amide bonds. The lowest BCUT2D eigenvalue weighted by molar-refractivity contribution is -0.127. The Morgan fingerprint density at radius 1 is 0.963 bits per heavy atom. The molecule has 2 aromatic rings. The third kappa shape index (κ3) is 4.82. The van der Waals surface area contributed by atoms with Crippen LogP contribution in [0.15, 0.2) is 64.0 Å². The van der Waals surface area contributed by atoms with Gasteiger partial charge in [0.25, 0.3) is 0 Å². The van der Waals surface area contributed by atoms with Gasteiger partial charge >= 0.3 is 0 Å². The quantitative estimate of drug-likeness (QED) is 0.669. The molecule has 0 N–H and O–H groups in total. The monoisotopic (exact) mass is 452 g/mol. The molecule has 2 aromatic carbocycles. The zero-order chi connectivity index (χ0) is 19.4. The minimum Gasteiger partial charge on any atom is -0.337 e. The Morgan fingerprint density at radius 3 is 2.15 bits per heavy atom. The van der Waals surface area contributed by atoms with Crippen LogP contribution in [0.4, 0.5) is 4.39 Å². The van der Waals surface area contributed by atoms with Gasteiger partial charge in [-0.15, -0.1) is 0 Å². The molecule has 8 heteroatoms. The standard InChI is InChI=1S/C19H18BrFN2O3S/c20-16-4-1-15(2-5-16)3-10-19(24)22-11-13-23(14-12-22)27(25,26)18-8-6-17(21)7-9-18/h1-10H,11-14H2. The largest absolute Gasteiger partial charge is 0.337 e. The molecule has 0 bridgehead atoms. The van der Waals surface area contributed by atoms with E-state index in [-0.39, 0.29) is 23.9 Å². The number of nitrogens with zero attached hydrogens (tertiary/aromatic N) is 2. The minimum atomic E-state index is -3.68. The number of hydrogen-bond donors (Lipinski definition) is 0. The fourth-order valence-electron chi connectivity index (χ4n) is 2.75. The van der Waals surface area contributed by atoms with Crippen LogP contribution in [0, 0.1) is 5.82 Å². The van der Waals surface area contributed by atoms with E-state index in [1.807, 2.05) is 24.3 Å². The topological polar surface area (TPSA) is 57.7 Å². The predicted octanol–water partition coefficient (Wildman–Crippen LogP) is 3.13. The smallest absolute Gasteiger partial charge is 0.246 e. The molecule has 3 rings (SSSR count). The van der Waals surface area contributed by atoms with E-state index >= 15 is 0 Å². The first-order chi connectivity index (χ1) is 12.9. The maximum atomic E-state index is 13.0. The molecule has 0 aliphatic carbocycles. The van der Waals surface area contributed by atoms with Crippen molar-refractivity contribution >= 4 is 37.9 Å². The molecule has 0 aromatic heterocycles. The molecule has 5 nitrogen and oxygen atoms in total. The van der Waals surface area contributed by atoms with Crippen LogP contribution in [0.5, 0.6) is 0 Å². The van der Waals surface area contributed by atoms with Gasteiger partial charge in [-0.25, -0.2) is 12.8 Å². The van der Waals surface area contributed by atoms with Crippen molar-refractivity contribution in [3.8, 4) is 0 Å². The average Bonchev–Trinajstić information content (AvgIpc) is 2.68. The van der Waals surface area contributed by atoms with Gasteiger partial charge in [-0.05, 0) is 48.0 Å². The van der Waals surface area contributed by atoms with Crippen molar-refractivity contribution in [3.63, 3.8) is 0 Å². The van der Waals surface area contributed by atoms with Gasteiger partial charge in [0, 0.05) is 36.7 Å². The molecule has 142 valence electrons. The first-order valence-corrected chi connectivity index (χ1v) is 10.6. The van der Waals surface area contributed by atoms with Crippen LogP contribution in [-0.4, -0.2) is 49.7 Å². The molecule has 1 aliphatic rings. The summed E-state index contributed by atoms with van der Waals surface area (Å²) in [4.78, 5) is 14.0. The Labute approximate surface area is 166 Å². The van der Waals surface area contributed by atoms with Gasteiger partial charge in [-0.2, -0.15) is 4.31 Å². The highest BCUT2D eigenvalue weighted by Crippen LogP contribution is 2.18. The molecule has 0 unspecified atom stereocenters. The molecule has 27 heavy (non-hydrogen) atoms. The van der Waals surface area contributed by atoms with Crippen LogP contribution in [-0.2, 0) is 14.8 Å². The molecule has 1 saturated heterocycles. The van der Waals surface area contributed by atoms with E-state index < -0.39 is 15.8 Å². The summed E-state index contributed by atoms with van der Waals surface area (Å²) in [7, 11) is -3.68. The van der Waals surface area contributed by atoms with Crippen LogP contribution in [0.3, 0.4) is 0 Å². The normalized spacial score (nSPS) is 16.0. The Balaban J connectivity index is 1.60. The maximum absolute atomic E-state index is 13.0. The van der Waals surface area contributed by atoms with E-state index in [0.717, 1.165) is 22.2 Å². The second-order valence-corrected chi connectivity index (χ2v) is 8.92. The predicted molar refractivity (Wildman–Crippen MR) is 105 cm³/mol. The van der Waals surface area contributed by atoms with E-state index in [2.05, 4.69) is 15.9 Å². The zero-order valence-electron chi connectivity index (χ0n) is 14.4. The van der Waals surface area contributed by atoms with Gasteiger partial charge in [-0.3, -0.25) is 4.79 Å². The van der Waals surface area contributed by atoms with Gasteiger partial charge in [0.15, 0.2) is 0 Å². The van der Waals surface area contributed by atoms with E-state index in [4.69, 9.17) is 0 Å². The van der Waals surface area contributed by atoms with Crippen molar-refractivity contribution in [3.05, 3.63) is 70.5 Å². The van der Waals surface area contributed by atoms with Crippen LogP contribution in [0.2, 0.25) is 0 Å². The summed E-state index contributed by atoms with van der Waals surface area (Å²) in [5.74, 6) is -0.640. The molecule has 0 atom stereocenters. The minimum absolute atomic E-state index is 0.0545.